The minimum absolute atomic E-state index is 0.0296. The SMILES string of the molecule is C=CCCN1C(=O)NC(=O)C(F)C1=O. The Kier molecular flexibility index (Phi) is 2.95. The molecule has 0 spiro atoms. The number of barbiturate groups is 1. The van der Waals surface area contributed by atoms with E-state index in [1.807, 2.05) is 0 Å². The highest BCUT2D eigenvalue weighted by molar-refractivity contribution is 6.17. The maximum atomic E-state index is 12.8. The average molecular weight is 200 g/mol. The lowest BCUT2D eigenvalue weighted by Gasteiger charge is -2.26. The first-order valence-electron chi connectivity index (χ1n) is 3.99. The lowest BCUT2D eigenvalue weighted by atomic mass is 10.2. The summed E-state index contributed by atoms with van der Waals surface area (Å²) in [6, 6.07) is -0.879. The Bertz CT molecular complexity index is 303. The van der Waals surface area contributed by atoms with Gasteiger partial charge in [-0.15, -0.1) is 6.58 Å². The van der Waals surface area contributed by atoms with Crippen molar-refractivity contribution in [3.8, 4) is 0 Å². The number of carbonyl (C=O) groups excluding carboxylic acids is 3. The summed E-state index contributed by atoms with van der Waals surface area (Å²) in [5.74, 6) is -2.31. The van der Waals surface area contributed by atoms with Gasteiger partial charge in [0.15, 0.2) is 0 Å². The van der Waals surface area contributed by atoms with Gasteiger partial charge < -0.3 is 0 Å². The summed E-state index contributed by atoms with van der Waals surface area (Å²) in [7, 11) is 0. The standard InChI is InChI=1S/C8H9FN2O3/c1-2-3-4-11-7(13)5(9)6(12)10-8(11)14/h2,5H,1,3-4H2,(H,10,12,14). The molecule has 76 valence electrons. The molecular formula is C8H9FN2O3. The number of carbonyl (C=O) groups is 3. The van der Waals surface area contributed by atoms with Crippen molar-refractivity contribution in [2.75, 3.05) is 6.54 Å². The lowest BCUT2D eigenvalue weighted by molar-refractivity contribution is -0.143. The first-order chi connectivity index (χ1) is 6.57. The summed E-state index contributed by atoms with van der Waals surface area (Å²) in [6.45, 7) is 3.43. The van der Waals surface area contributed by atoms with Gasteiger partial charge in [0, 0.05) is 6.54 Å². The first-order valence-corrected chi connectivity index (χ1v) is 3.99. The van der Waals surface area contributed by atoms with Crippen molar-refractivity contribution in [1.29, 1.82) is 0 Å². The van der Waals surface area contributed by atoms with E-state index in [0.29, 0.717) is 11.3 Å². The molecule has 1 unspecified atom stereocenters. The Labute approximate surface area is 79.6 Å². The third-order valence-corrected chi connectivity index (χ3v) is 1.75. The van der Waals surface area contributed by atoms with Crippen molar-refractivity contribution in [2.45, 2.75) is 12.6 Å². The summed E-state index contributed by atoms with van der Waals surface area (Å²) in [4.78, 5) is 33.4. The van der Waals surface area contributed by atoms with Crippen LogP contribution in [0.1, 0.15) is 6.42 Å². The highest BCUT2D eigenvalue weighted by Gasteiger charge is 2.40. The Hall–Kier alpha value is -1.72. The van der Waals surface area contributed by atoms with E-state index in [-0.39, 0.29) is 6.54 Å². The molecule has 14 heavy (non-hydrogen) atoms. The fraction of sp³-hybridized carbons (Fsp3) is 0.375. The predicted molar refractivity (Wildman–Crippen MR) is 45.0 cm³/mol. The van der Waals surface area contributed by atoms with Crippen LogP contribution in [-0.4, -0.2) is 35.5 Å². The van der Waals surface area contributed by atoms with Gasteiger partial charge in [-0.25, -0.2) is 9.18 Å². The Morgan fingerprint density at radius 2 is 2.14 bits per heavy atom. The van der Waals surface area contributed by atoms with E-state index in [1.54, 1.807) is 5.32 Å². The molecule has 5 nitrogen and oxygen atoms in total. The minimum Gasteiger partial charge on any atom is -0.275 e. The minimum atomic E-state index is -2.28. The van der Waals surface area contributed by atoms with E-state index in [2.05, 4.69) is 6.58 Å². The second kappa shape index (κ2) is 3.99. The number of rotatable bonds is 3. The molecule has 0 aliphatic carbocycles. The second-order valence-electron chi connectivity index (χ2n) is 2.72. The molecule has 0 radical (unpaired) electrons. The number of halogens is 1. The Balaban J connectivity index is 2.74. The molecule has 0 aromatic rings. The van der Waals surface area contributed by atoms with Crippen molar-refractivity contribution in [3.05, 3.63) is 12.7 Å². The largest absolute Gasteiger partial charge is 0.330 e. The molecule has 1 aliphatic rings. The fourth-order valence-electron chi connectivity index (χ4n) is 1.02. The monoisotopic (exact) mass is 200 g/mol. The van der Waals surface area contributed by atoms with Crippen LogP contribution < -0.4 is 5.32 Å². The predicted octanol–water partition coefficient (Wildman–Crippen LogP) is -0.0210. The first kappa shape index (κ1) is 10.4. The van der Waals surface area contributed by atoms with E-state index in [1.165, 1.54) is 6.08 Å². The molecule has 1 fully saturated rings. The third-order valence-electron chi connectivity index (χ3n) is 1.75. The molecular weight excluding hydrogens is 191 g/mol. The van der Waals surface area contributed by atoms with Crippen LogP contribution in [0.5, 0.6) is 0 Å². The number of hydrogen-bond donors (Lipinski definition) is 1. The quantitative estimate of drug-likeness (QED) is 0.514. The molecule has 1 atom stereocenters. The van der Waals surface area contributed by atoms with Crippen LogP contribution in [0, 0.1) is 0 Å². The van der Waals surface area contributed by atoms with Gasteiger partial charge in [-0.2, -0.15) is 0 Å². The van der Waals surface area contributed by atoms with Crippen molar-refractivity contribution < 1.29 is 18.8 Å². The van der Waals surface area contributed by atoms with Crippen LogP contribution >= 0.6 is 0 Å². The van der Waals surface area contributed by atoms with Crippen LogP contribution in [-0.2, 0) is 9.59 Å². The van der Waals surface area contributed by atoms with Gasteiger partial charge in [0.25, 0.3) is 18.0 Å². The number of hydrogen-bond acceptors (Lipinski definition) is 3. The molecule has 1 saturated heterocycles. The summed E-state index contributed by atoms with van der Waals surface area (Å²) in [6.07, 6.45) is -0.429. The van der Waals surface area contributed by atoms with E-state index >= 15 is 0 Å². The highest BCUT2D eigenvalue weighted by Crippen LogP contribution is 2.07. The maximum Gasteiger partial charge on any atom is 0.330 e. The van der Waals surface area contributed by atoms with Gasteiger partial charge in [-0.3, -0.25) is 19.8 Å². The molecule has 1 N–H and O–H groups in total. The maximum absolute atomic E-state index is 12.8. The topological polar surface area (TPSA) is 66.5 Å². The van der Waals surface area contributed by atoms with Crippen molar-refractivity contribution in [3.63, 3.8) is 0 Å². The van der Waals surface area contributed by atoms with Crippen LogP contribution in [0.15, 0.2) is 12.7 Å². The molecule has 1 heterocycles. The fourth-order valence-corrected chi connectivity index (χ4v) is 1.02. The summed E-state index contributed by atoms with van der Waals surface area (Å²) >= 11 is 0. The van der Waals surface area contributed by atoms with E-state index in [4.69, 9.17) is 0 Å². The molecule has 0 aromatic carbocycles. The number of amides is 4. The van der Waals surface area contributed by atoms with Crippen molar-refractivity contribution >= 4 is 17.8 Å². The smallest absolute Gasteiger partial charge is 0.275 e. The average Bonchev–Trinajstić information content (AvgIpc) is 2.14. The summed E-state index contributed by atoms with van der Waals surface area (Å²) < 4.78 is 12.8. The Morgan fingerprint density at radius 3 is 2.71 bits per heavy atom. The highest BCUT2D eigenvalue weighted by atomic mass is 19.1. The number of urea groups is 1. The number of nitrogens with one attached hydrogen (secondary N) is 1. The molecule has 4 amide bonds. The van der Waals surface area contributed by atoms with Gasteiger partial charge in [0.05, 0.1) is 0 Å². The van der Waals surface area contributed by atoms with Gasteiger partial charge in [0.1, 0.15) is 0 Å². The van der Waals surface area contributed by atoms with Crippen LogP contribution in [0.25, 0.3) is 0 Å². The van der Waals surface area contributed by atoms with E-state index < -0.39 is 24.0 Å². The van der Waals surface area contributed by atoms with Gasteiger partial charge in [-0.05, 0) is 6.42 Å². The normalized spacial score (nSPS) is 22.2. The molecule has 6 heteroatoms. The van der Waals surface area contributed by atoms with Gasteiger partial charge >= 0.3 is 6.03 Å². The van der Waals surface area contributed by atoms with Crippen molar-refractivity contribution in [1.82, 2.24) is 10.2 Å². The van der Waals surface area contributed by atoms with Gasteiger partial charge in [0.2, 0.25) is 0 Å². The second-order valence-corrected chi connectivity index (χ2v) is 2.72. The molecule has 0 saturated carbocycles. The zero-order chi connectivity index (χ0) is 10.7. The van der Waals surface area contributed by atoms with Crippen LogP contribution in [0.4, 0.5) is 9.18 Å². The van der Waals surface area contributed by atoms with Gasteiger partial charge in [-0.1, -0.05) is 6.08 Å². The summed E-state index contributed by atoms with van der Waals surface area (Å²) in [5.41, 5.74) is 0. The van der Waals surface area contributed by atoms with E-state index in [0.717, 1.165) is 0 Å². The zero-order valence-electron chi connectivity index (χ0n) is 7.33. The Morgan fingerprint density at radius 1 is 1.50 bits per heavy atom. The molecule has 0 bridgehead atoms. The summed E-state index contributed by atoms with van der Waals surface area (Å²) in [5, 5.41) is 1.74. The number of imide groups is 2. The number of nitrogens with zero attached hydrogens (tertiary/aromatic N) is 1. The van der Waals surface area contributed by atoms with Crippen LogP contribution in [0.3, 0.4) is 0 Å². The van der Waals surface area contributed by atoms with Crippen LogP contribution in [0.2, 0.25) is 0 Å². The third kappa shape index (κ3) is 1.78. The molecule has 1 rings (SSSR count). The van der Waals surface area contributed by atoms with E-state index in [9.17, 15) is 18.8 Å². The molecule has 0 aromatic heterocycles. The molecule has 1 aliphatic heterocycles. The zero-order valence-corrected chi connectivity index (χ0v) is 7.33. The van der Waals surface area contributed by atoms with Crippen molar-refractivity contribution in [2.24, 2.45) is 0 Å². The lowest BCUT2D eigenvalue weighted by Crippen LogP contribution is -2.59. The number of alkyl halides is 1.